The van der Waals surface area contributed by atoms with Gasteiger partial charge in [0.2, 0.25) is 5.67 Å². The number of nitrogens with two attached hydrogens (primary N) is 1. The lowest BCUT2D eigenvalue weighted by Gasteiger charge is -2.13. The van der Waals surface area contributed by atoms with Crippen LogP contribution in [0.15, 0.2) is 0 Å². The van der Waals surface area contributed by atoms with Gasteiger partial charge in [-0.2, -0.15) is 0 Å². The molecule has 0 radical (unpaired) electrons. The van der Waals surface area contributed by atoms with E-state index in [9.17, 15) is 9.18 Å². The van der Waals surface area contributed by atoms with E-state index in [4.69, 9.17) is 5.73 Å². The molecule has 2 aliphatic carbocycles. The van der Waals surface area contributed by atoms with Crippen LogP contribution in [0.1, 0.15) is 19.8 Å². The van der Waals surface area contributed by atoms with Crippen LogP contribution in [0.4, 0.5) is 4.39 Å². The van der Waals surface area contributed by atoms with Crippen molar-refractivity contribution in [2.45, 2.75) is 31.5 Å². The van der Waals surface area contributed by atoms with Gasteiger partial charge in [-0.1, -0.05) is 0 Å². The van der Waals surface area contributed by atoms with Gasteiger partial charge in [-0.15, -0.1) is 0 Å². The van der Waals surface area contributed by atoms with Gasteiger partial charge in [-0.05, 0) is 19.8 Å². The summed E-state index contributed by atoms with van der Waals surface area (Å²) in [7, 11) is 0. The van der Waals surface area contributed by atoms with Crippen LogP contribution < -0.4 is 5.73 Å². The highest BCUT2D eigenvalue weighted by Gasteiger charge is 2.74. The van der Waals surface area contributed by atoms with Crippen molar-refractivity contribution in [3.8, 4) is 0 Å². The highest BCUT2D eigenvalue weighted by molar-refractivity contribution is 5.84. The molecule has 0 aliphatic heterocycles. The van der Waals surface area contributed by atoms with Crippen molar-refractivity contribution < 1.29 is 13.9 Å². The average molecular weight is 187 g/mol. The molecule has 2 unspecified atom stereocenters. The number of alkyl halides is 1. The second-order valence-corrected chi connectivity index (χ2v) is 3.93. The molecule has 2 N–H and O–H groups in total. The minimum Gasteiger partial charge on any atom is -0.464 e. The van der Waals surface area contributed by atoms with E-state index >= 15 is 0 Å². The first-order valence-electron chi connectivity index (χ1n) is 4.72. The van der Waals surface area contributed by atoms with Gasteiger partial charge in [0.25, 0.3) is 0 Å². The predicted molar refractivity (Wildman–Crippen MR) is 44.7 cm³/mol. The summed E-state index contributed by atoms with van der Waals surface area (Å²) >= 11 is 0. The number of halogens is 1. The van der Waals surface area contributed by atoms with Crippen molar-refractivity contribution in [1.29, 1.82) is 0 Å². The zero-order valence-electron chi connectivity index (χ0n) is 7.63. The Hall–Kier alpha value is -0.640. The molecule has 0 amide bonds. The molecule has 0 aromatic carbocycles. The molecule has 13 heavy (non-hydrogen) atoms. The van der Waals surface area contributed by atoms with Crippen LogP contribution in [0.5, 0.6) is 0 Å². The van der Waals surface area contributed by atoms with Gasteiger partial charge in [-0.25, -0.2) is 9.18 Å². The number of fused-ring (bicyclic) bond motifs is 1. The van der Waals surface area contributed by atoms with Gasteiger partial charge >= 0.3 is 5.97 Å². The molecule has 2 aliphatic rings. The Labute approximate surface area is 76.4 Å². The first-order valence-corrected chi connectivity index (χ1v) is 4.72. The summed E-state index contributed by atoms with van der Waals surface area (Å²) in [6.07, 6.45) is 1.25. The van der Waals surface area contributed by atoms with Gasteiger partial charge < -0.3 is 10.5 Å². The van der Waals surface area contributed by atoms with E-state index in [0.717, 1.165) is 0 Å². The molecule has 2 fully saturated rings. The smallest absolute Gasteiger partial charge is 0.344 e. The maximum absolute atomic E-state index is 13.8. The third kappa shape index (κ3) is 1.08. The summed E-state index contributed by atoms with van der Waals surface area (Å²) < 4.78 is 18.5. The Morgan fingerprint density at radius 1 is 1.62 bits per heavy atom. The summed E-state index contributed by atoms with van der Waals surface area (Å²) in [5.74, 6) is -1.01. The largest absolute Gasteiger partial charge is 0.464 e. The lowest BCUT2D eigenvalue weighted by molar-refractivity contribution is -0.152. The molecule has 4 heteroatoms. The molecule has 0 aromatic heterocycles. The van der Waals surface area contributed by atoms with Crippen molar-refractivity contribution in [2.24, 2.45) is 17.6 Å². The molecule has 2 saturated carbocycles. The van der Waals surface area contributed by atoms with Crippen LogP contribution in [-0.2, 0) is 9.53 Å². The topological polar surface area (TPSA) is 52.3 Å². The van der Waals surface area contributed by atoms with Crippen LogP contribution in [0.25, 0.3) is 0 Å². The monoisotopic (exact) mass is 187 g/mol. The van der Waals surface area contributed by atoms with E-state index in [0.29, 0.717) is 12.8 Å². The van der Waals surface area contributed by atoms with E-state index in [2.05, 4.69) is 4.74 Å². The fourth-order valence-electron chi connectivity index (χ4n) is 2.46. The lowest BCUT2D eigenvalue weighted by atomic mass is 10.1. The molecular formula is C9H14FNO2. The molecule has 74 valence electrons. The number of rotatable bonds is 2. The fraction of sp³-hybridized carbons (Fsp3) is 0.889. The number of carbonyl (C=O) groups is 1. The quantitative estimate of drug-likeness (QED) is 0.645. The van der Waals surface area contributed by atoms with Crippen molar-refractivity contribution in [2.75, 3.05) is 6.61 Å². The zero-order chi connectivity index (χ0) is 9.64. The second kappa shape index (κ2) is 2.67. The molecule has 0 heterocycles. The minimum atomic E-state index is -1.69. The number of hydrogen-bond donors (Lipinski definition) is 1. The SMILES string of the molecule is CCOC(=O)C1(F)C2CC(N)CC21. The van der Waals surface area contributed by atoms with Gasteiger partial charge in [-0.3, -0.25) is 0 Å². The fourth-order valence-corrected chi connectivity index (χ4v) is 2.46. The summed E-state index contributed by atoms with van der Waals surface area (Å²) in [5, 5.41) is 0. The first kappa shape index (κ1) is 8.94. The minimum absolute atomic E-state index is 0.0771. The van der Waals surface area contributed by atoms with Crippen LogP contribution in [0, 0.1) is 11.8 Å². The molecule has 0 bridgehead atoms. The molecule has 2 atom stereocenters. The molecule has 0 spiro atoms. The lowest BCUT2D eigenvalue weighted by Crippen LogP contribution is -2.30. The van der Waals surface area contributed by atoms with Crippen molar-refractivity contribution >= 4 is 5.97 Å². The normalized spacial score (nSPS) is 47.2. The van der Waals surface area contributed by atoms with Crippen molar-refractivity contribution in [1.82, 2.24) is 0 Å². The predicted octanol–water partition coefficient (Wildman–Crippen LogP) is 0.625. The summed E-state index contributed by atoms with van der Waals surface area (Å²) in [6.45, 7) is 1.93. The second-order valence-electron chi connectivity index (χ2n) is 3.93. The third-order valence-electron chi connectivity index (χ3n) is 3.16. The standard InChI is InChI=1S/C9H14FNO2/c1-2-13-8(12)9(10)6-3-5(11)4-7(6)9/h5-7H,2-4,11H2,1H3. The highest BCUT2D eigenvalue weighted by Crippen LogP contribution is 2.63. The number of carbonyl (C=O) groups excluding carboxylic acids is 1. The average Bonchev–Trinajstić information content (AvgIpc) is 2.45. The van der Waals surface area contributed by atoms with Gasteiger partial charge in [0.15, 0.2) is 0 Å². The van der Waals surface area contributed by atoms with Gasteiger partial charge in [0.1, 0.15) is 0 Å². The Balaban J connectivity index is 1.99. The Bertz CT molecular complexity index is 232. The van der Waals surface area contributed by atoms with E-state index in [1.807, 2.05) is 0 Å². The van der Waals surface area contributed by atoms with Crippen LogP contribution >= 0.6 is 0 Å². The summed E-state index contributed by atoms with van der Waals surface area (Å²) in [5.41, 5.74) is 3.94. The zero-order valence-corrected chi connectivity index (χ0v) is 7.63. The third-order valence-corrected chi connectivity index (χ3v) is 3.16. The van der Waals surface area contributed by atoms with E-state index in [1.54, 1.807) is 6.92 Å². The molecule has 3 nitrogen and oxygen atoms in total. The first-order chi connectivity index (χ1) is 6.10. The Morgan fingerprint density at radius 2 is 2.15 bits per heavy atom. The maximum Gasteiger partial charge on any atom is 0.344 e. The van der Waals surface area contributed by atoms with Crippen molar-refractivity contribution in [3.63, 3.8) is 0 Å². The van der Waals surface area contributed by atoms with Crippen LogP contribution in [0.3, 0.4) is 0 Å². The number of ether oxygens (including phenoxy) is 1. The van der Waals surface area contributed by atoms with E-state index in [1.165, 1.54) is 0 Å². The highest BCUT2D eigenvalue weighted by atomic mass is 19.1. The number of esters is 1. The Kier molecular flexibility index (Phi) is 1.84. The van der Waals surface area contributed by atoms with Gasteiger partial charge in [0.05, 0.1) is 6.61 Å². The summed E-state index contributed by atoms with van der Waals surface area (Å²) in [6, 6.07) is 0.0771. The van der Waals surface area contributed by atoms with E-state index in [-0.39, 0.29) is 24.5 Å². The van der Waals surface area contributed by atoms with Crippen LogP contribution in [-0.4, -0.2) is 24.3 Å². The number of hydrogen-bond acceptors (Lipinski definition) is 3. The van der Waals surface area contributed by atoms with Crippen molar-refractivity contribution in [3.05, 3.63) is 0 Å². The maximum atomic E-state index is 13.8. The van der Waals surface area contributed by atoms with Gasteiger partial charge in [0, 0.05) is 17.9 Å². The molecular weight excluding hydrogens is 173 g/mol. The van der Waals surface area contributed by atoms with Crippen LogP contribution in [0.2, 0.25) is 0 Å². The van der Waals surface area contributed by atoms with E-state index < -0.39 is 11.6 Å². The molecule has 2 rings (SSSR count). The Morgan fingerprint density at radius 3 is 2.62 bits per heavy atom. The molecule has 0 aromatic rings. The summed E-state index contributed by atoms with van der Waals surface area (Å²) in [4.78, 5) is 11.2. The molecule has 0 saturated heterocycles.